The number of aryl methyl sites for hydroxylation is 1. The lowest BCUT2D eigenvalue weighted by Crippen LogP contribution is -2.34. The van der Waals surface area contributed by atoms with E-state index in [1.54, 1.807) is 6.07 Å². The number of carboxylic acid groups (broad SMARTS) is 1. The molecule has 2 aromatic carbocycles. The zero-order chi connectivity index (χ0) is 20.0. The average Bonchev–Trinajstić information content (AvgIpc) is 2.60. The van der Waals surface area contributed by atoms with Gasteiger partial charge in [0.15, 0.2) is 0 Å². The second-order valence-corrected chi connectivity index (χ2v) is 12.2. The van der Waals surface area contributed by atoms with Crippen LogP contribution in [0.5, 0.6) is 11.5 Å². The molecule has 0 saturated heterocycles. The van der Waals surface area contributed by atoms with Gasteiger partial charge in [0.25, 0.3) is 0 Å². The van der Waals surface area contributed by atoms with Crippen molar-refractivity contribution in [1.82, 2.24) is 0 Å². The molecule has 0 aromatic heterocycles. The molecule has 0 amide bonds. The number of unbranched alkanes of at least 4 members (excludes halogenated alkanes) is 5. The predicted molar refractivity (Wildman–Crippen MR) is 114 cm³/mol. The fourth-order valence-electron chi connectivity index (χ4n) is 3.53. The summed E-state index contributed by atoms with van der Waals surface area (Å²) < 4.78 is 6.43. The highest BCUT2D eigenvalue weighted by atomic mass is 28.4. The van der Waals surface area contributed by atoms with Gasteiger partial charge >= 0.3 is 5.97 Å². The van der Waals surface area contributed by atoms with E-state index in [4.69, 9.17) is 4.43 Å². The lowest BCUT2D eigenvalue weighted by Gasteiger charge is -2.26. The zero-order valence-electron chi connectivity index (χ0n) is 17.0. The molecule has 2 N–H and O–H groups in total. The molecule has 0 aliphatic heterocycles. The molecule has 4 nitrogen and oxygen atoms in total. The average molecular weight is 389 g/mol. The van der Waals surface area contributed by atoms with Gasteiger partial charge in [-0.3, -0.25) is 0 Å². The first-order chi connectivity index (χ1) is 12.8. The molecule has 0 bridgehead atoms. The van der Waals surface area contributed by atoms with E-state index in [0.29, 0.717) is 11.1 Å². The van der Waals surface area contributed by atoms with Crippen molar-refractivity contribution in [2.24, 2.45) is 0 Å². The smallest absolute Gasteiger partial charge is 0.339 e. The van der Waals surface area contributed by atoms with Gasteiger partial charge in [0.05, 0.1) is 0 Å². The van der Waals surface area contributed by atoms with Crippen molar-refractivity contribution in [2.75, 3.05) is 0 Å². The second kappa shape index (κ2) is 9.26. The van der Waals surface area contributed by atoms with Gasteiger partial charge in [-0.2, -0.15) is 0 Å². The van der Waals surface area contributed by atoms with Crippen LogP contribution in [0.4, 0.5) is 0 Å². The van der Waals surface area contributed by atoms with Crippen molar-refractivity contribution in [1.29, 1.82) is 0 Å². The Hall–Kier alpha value is -2.01. The maximum atomic E-state index is 11.6. The molecule has 2 aromatic rings. The number of hydrogen-bond acceptors (Lipinski definition) is 3. The minimum Gasteiger partial charge on any atom is -0.544 e. The minimum absolute atomic E-state index is 0.104. The molecule has 27 heavy (non-hydrogen) atoms. The number of fused-ring (bicyclic) bond motifs is 1. The van der Waals surface area contributed by atoms with Gasteiger partial charge in [0.2, 0.25) is 8.32 Å². The Balaban J connectivity index is 2.24. The van der Waals surface area contributed by atoms with Crippen molar-refractivity contribution >= 4 is 25.1 Å². The third-order valence-corrected chi connectivity index (χ3v) is 7.38. The summed E-state index contributed by atoms with van der Waals surface area (Å²) in [6, 6.07) is 8.06. The molecule has 0 aliphatic carbocycles. The Morgan fingerprint density at radius 1 is 1.11 bits per heavy atom. The summed E-state index contributed by atoms with van der Waals surface area (Å²) in [6.07, 6.45) is 7.47. The molecular weight excluding hydrogens is 356 g/mol. The highest BCUT2D eigenvalue weighted by Gasteiger charge is 2.27. The number of rotatable bonds is 10. The molecule has 148 valence electrons. The first kappa shape index (κ1) is 21.3. The largest absolute Gasteiger partial charge is 0.544 e. The Bertz CT molecular complexity index is 798. The van der Waals surface area contributed by atoms with Crippen molar-refractivity contribution in [3.63, 3.8) is 0 Å². The minimum atomic E-state index is -2.00. The van der Waals surface area contributed by atoms with Crippen LogP contribution in [-0.2, 0) is 0 Å². The van der Waals surface area contributed by atoms with Gasteiger partial charge in [0, 0.05) is 10.8 Å². The number of aromatic hydroxyl groups is 1. The molecule has 0 aliphatic rings. The summed E-state index contributed by atoms with van der Waals surface area (Å²) in [4.78, 5) is 11.6. The third kappa shape index (κ3) is 5.48. The van der Waals surface area contributed by atoms with E-state index < -0.39 is 14.3 Å². The van der Waals surface area contributed by atoms with E-state index in [-0.39, 0.29) is 11.3 Å². The summed E-state index contributed by atoms with van der Waals surface area (Å²) in [7, 11) is -2.00. The molecule has 0 saturated carbocycles. The van der Waals surface area contributed by atoms with E-state index in [2.05, 4.69) is 20.0 Å². The van der Waals surface area contributed by atoms with Crippen LogP contribution in [0.2, 0.25) is 19.1 Å². The first-order valence-electron chi connectivity index (χ1n) is 9.94. The quantitative estimate of drug-likeness (QED) is 0.360. The third-order valence-electron chi connectivity index (χ3n) is 5.05. The van der Waals surface area contributed by atoms with Gasteiger partial charge in [-0.25, -0.2) is 4.79 Å². The molecule has 0 unspecified atom stereocenters. The molecule has 0 spiro atoms. The van der Waals surface area contributed by atoms with Gasteiger partial charge < -0.3 is 14.6 Å². The van der Waals surface area contributed by atoms with Crippen LogP contribution >= 0.6 is 0 Å². The van der Waals surface area contributed by atoms with Crippen molar-refractivity contribution in [3.05, 3.63) is 35.4 Å². The zero-order valence-corrected chi connectivity index (χ0v) is 18.0. The Labute approximate surface area is 163 Å². The van der Waals surface area contributed by atoms with Crippen LogP contribution in [0, 0.1) is 6.92 Å². The van der Waals surface area contributed by atoms with Crippen molar-refractivity contribution < 1.29 is 19.4 Å². The lowest BCUT2D eigenvalue weighted by molar-refractivity contribution is 0.0693. The summed E-state index contributed by atoms with van der Waals surface area (Å²) in [5.41, 5.74) is 0.867. The number of benzene rings is 2. The summed E-state index contributed by atoms with van der Waals surface area (Å²) in [5, 5.41) is 21.2. The van der Waals surface area contributed by atoms with Gasteiger partial charge in [-0.05, 0) is 37.7 Å². The molecule has 5 heteroatoms. The summed E-state index contributed by atoms with van der Waals surface area (Å²) in [6.45, 7) is 8.53. The van der Waals surface area contributed by atoms with Crippen molar-refractivity contribution in [3.8, 4) is 11.5 Å². The predicted octanol–water partition coefficient (Wildman–Crippen LogP) is 6.50. The van der Waals surface area contributed by atoms with Crippen LogP contribution in [0.1, 0.15) is 61.4 Å². The normalized spacial score (nSPS) is 11.7. The fourth-order valence-corrected chi connectivity index (χ4v) is 5.49. The Morgan fingerprint density at radius 3 is 2.44 bits per heavy atom. The molecule has 0 heterocycles. The monoisotopic (exact) mass is 388 g/mol. The number of hydrogen-bond donors (Lipinski definition) is 2. The summed E-state index contributed by atoms with van der Waals surface area (Å²) in [5.74, 6) is -0.749. The number of aromatic carboxylic acids is 1. The van der Waals surface area contributed by atoms with Crippen LogP contribution in [0.15, 0.2) is 24.3 Å². The second-order valence-electron chi connectivity index (χ2n) is 7.95. The van der Waals surface area contributed by atoms with Gasteiger partial charge in [-0.15, -0.1) is 0 Å². The molecule has 2 rings (SSSR count). The molecule has 0 fully saturated rings. The van der Waals surface area contributed by atoms with Crippen molar-refractivity contribution in [2.45, 2.75) is 71.5 Å². The van der Waals surface area contributed by atoms with Gasteiger partial charge in [-0.1, -0.05) is 63.6 Å². The highest BCUT2D eigenvalue weighted by Crippen LogP contribution is 2.39. The van der Waals surface area contributed by atoms with E-state index >= 15 is 0 Å². The first-order valence-corrected chi connectivity index (χ1v) is 13.1. The van der Waals surface area contributed by atoms with Crippen LogP contribution in [0.3, 0.4) is 0 Å². The maximum Gasteiger partial charge on any atom is 0.339 e. The molecular formula is C22H32O4Si. The molecule has 0 atom stereocenters. The van der Waals surface area contributed by atoms with Crippen LogP contribution < -0.4 is 4.43 Å². The number of phenols is 1. The van der Waals surface area contributed by atoms with E-state index in [1.807, 2.05) is 19.1 Å². The van der Waals surface area contributed by atoms with E-state index in [9.17, 15) is 15.0 Å². The maximum absolute atomic E-state index is 11.6. The number of carbonyl (C=O) groups is 1. The SMILES string of the molecule is CCCCCCCC[Si](C)(C)Oc1cc(C(=O)O)c(O)c2cccc(C)c12. The van der Waals surface area contributed by atoms with Crippen LogP contribution in [0.25, 0.3) is 10.8 Å². The Morgan fingerprint density at radius 2 is 1.78 bits per heavy atom. The van der Waals surface area contributed by atoms with Gasteiger partial charge in [0.1, 0.15) is 17.1 Å². The fraction of sp³-hybridized carbons (Fsp3) is 0.500. The number of carboxylic acids is 1. The van der Waals surface area contributed by atoms with Crippen LogP contribution in [-0.4, -0.2) is 24.5 Å². The Kier molecular flexibility index (Phi) is 7.31. The molecule has 0 radical (unpaired) electrons. The highest BCUT2D eigenvalue weighted by molar-refractivity contribution is 6.72. The summed E-state index contributed by atoms with van der Waals surface area (Å²) >= 11 is 0. The lowest BCUT2D eigenvalue weighted by atomic mass is 10.0. The standard InChI is InChI=1S/C22H32O4Si/c1-5-6-7-8-9-10-14-27(3,4)26-19-15-18(22(24)25)21(23)17-13-11-12-16(2)20(17)19/h11-13,15,23H,5-10,14H2,1-4H3,(H,24,25). The van der Waals surface area contributed by atoms with E-state index in [0.717, 1.165) is 23.4 Å². The topological polar surface area (TPSA) is 66.8 Å². The van der Waals surface area contributed by atoms with E-state index in [1.165, 1.54) is 38.2 Å².